The highest BCUT2D eigenvalue weighted by Crippen LogP contribution is 2.44. The van der Waals surface area contributed by atoms with Crippen LogP contribution in [0.1, 0.15) is 16.6 Å². The van der Waals surface area contributed by atoms with Gasteiger partial charge in [-0.25, -0.2) is 4.84 Å². The second-order valence-corrected chi connectivity index (χ2v) is 7.08. The zero-order valence-corrected chi connectivity index (χ0v) is 14.2. The summed E-state index contributed by atoms with van der Waals surface area (Å²) in [7, 11) is 1.26. The summed E-state index contributed by atoms with van der Waals surface area (Å²) < 4.78 is 0.612. The van der Waals surface area contributed by atoms with E-state index in [-0.39, 0.29) is 11.5 Å². The SMILES string of the molecule is CO[N+](=O)c1cc(C(C)=O)sc1Sc1cccc(Cl)c1Cl. The van der Waals surface area contributed by atoms with E-state index in [1.54, 1.807) is 18.2 Å². The lowest BCUT2D eigenvalue weighted by Crippen LogP contribution is -1.97. The second kappa shape index (κ2) is 6.79. The molecular weight excluding hydrogens is 353 g/mol. The van der Waals surface area contributed by atoms with Crippen LogP contribution in [0, 0.1) is 4.91 Å². The molecule has 21 heavy (non-hydrogen) atoms. The largest absolute Gasteiger partial charge is 0.342 e. The van der Waals surface area contributed by atoms with Crippen LogP contribution in [-0.4, -0.2) is 17.8 Å². The first-order chi connectivity index (χ1) is 9.93. The molecule has 1 heterocycles. The maximum absolute atomic E-state index is 11.7. The number of hydrogen-bond acceptors (Lipinski definition) is 5. The van der Waals surface area contributed by atoms with Gasteiger partial charge < -0.3 is 0 Å². The van der Waals surface area contributed by atoms with Crippen LogP contribution in [0.25, 0.3) is 0 Å². The average Bonchev–Trinajstić information content (AvgIpc) is 2.87. The van der Waals surface area contributed by atoms with Crippen molar-refractivity contribution in [1.82, 2.24) is 0 Å². The summed E-state index contributed by atoms with van der Waals surface area (Å²) in [5.74, 6) is -0.116. The molecule has 1 aromatic carbocycles. The number of rotatable bonds is 5. The van der Waals surface area contributed by atoms with Crippen molar-refractivity contribution in [2.24, 2.45) is 0 Å². The Morgan fingerprint density at radius 2 is 2.10 bits per heavy atom. The molecule has 0 aliphatic heterocycles. The quantitative estimate of drug-likeness (QED) is 0.529. The van der Waals surface area contributed by atoms with Crippen LogP contribution in [0.2, 0.25) is 10.0 Å². The molecule has 0 fully saturated rings. The van der Waals surface area contributed by atoms with E-state index in [0.717, 1.165) is 0 Å². The Balaban J connectivity index is 2.45. The van der Waals surface area contributed by atoms with E-state index in [9.17, 15) is 9.70 Å². The van der Waals surface area contributed by atoms with Gasteiger partial charge in [-0.3, -0.25) is 4.79 Å². The van der Waals surface area contributed by atoms with E-state index in [1.165, 1.54) is 43.2 Å². The number of halogens is 2. The lowest BCUT2D eigenvalue weighted by atomic mass is 10.3. The summed E-state index contributed by atoms with van der Waals surface area (Å²) in [5, 5.41) is 0.833. The van der Waals surface area contributed by atoms with Gasteiger partial charge in [-0.15, -0.1) is 11.3 Å². The van der Waals surface area contributed by atoms with Crippen molar-refractivity contribution in [3.05, 3.63) is 44.1 Å². The predicted molar refractivity (Wildman–Crippen MR) is 85.2 cm³/mol. The second-order valence-electron chi connectivity index (χ2n) is 3.93. The number of thiophene rings is 1. The van der Waals surface area contributed by atoms with Crippen LogP contribution in [-0.2, 0) is 4.84 Å². The third-order valence-corrected chi connectivity index (χ3v) is 5.91. The van der Waals surface area contributed by atoms with E-state index in [4.69, 9.17) is 23.2 Å². The summed E-state index contributed by atoms with van der Waals surface area (Å²) in [6.07, 6.45) is 0. The molecule has 0 aliphatic carbocycles. The minimum Gasteiger partial charge on any atom is -0.294 e. The highest BCUT2D eigenvalue weighted by molar-refractivity contribution is 8.01. The van der Waals surface area contributed by atoms with Crippen LogP contribution < -0.4 is 0 Å². The van der Waals surface area contributed by atoms with Crippen molar-refractivity contribution in [3.8, 4) is 0 Å². The molecule has 8 heteroatoms. The molecule has 4 nitrogen and oxygen atoms in total. The van der Waals surface area contributed by atoms with E-state index in [0.29, 0.717) is 29.0 Å². The maximum Gasteiger partial charge on any atom is 0.342 e. The number of Topliss-reactive ketones (excluding diaryl/α,β-unsaturated/α-hetero) is 1. The Kier molecular flexibility index (Phi) is 5.27. The van der Waals surface area contributed by atoms with Gasteiger partial charge in [0, 0.05) is 11.0 Å². The monoisotopic (exact) mass is 362 g/mol. The van der Waals surface area contributed by atoms with Crippen molar-refractivity contribution in [2.75, 3.05) is 7.11 Å². The van der Waals surface area contributed by atoms with Crippen molar-refractivity contribution in [1.29, 1.82) is 0 Å². The fourth-order valence-corrected chi connectivity index (χ4v) is 4.21. The van der Waals surface area contributed by atoms with Gasteiger partial charge >= 0.3 is 5.69 Å². The topological polar surface area (TPSA) is 46.4 Å². The minimum absolute atomic E-state index is 0.116. The summed E-state index contributed by atoms with van der Waals surface area (Å²) in [6.45, 7) is 1.44. The summed E-state index contributed by atoms with van der Waals surface area (Å²) in [6, 6.07) is 6.74. The fourth-order valence-electron chi connectivity index (χ4n) is 1.50. The van der Waals surface area contributed by atoms with Crippen molar-refractivity contribution >= 4 is 57.8 Å². The van der Waals surface area contributed by atoms with Gasteiger partial charge in [-0.1, -0.05) is 41.0 Å². The molecule has 0 radical (unpaired) electrons. The van der Waals surface area contributed by atoms with Gasteiger partial charge in [0.05, 0.1) is 19.8 Å². The molecule has 0 bridgehead atoms. The number of carbonyl (C=O) groups is 1. The van der Waals surface area contributed by atoms with Crippen LogP contribution in [0.3, 0.4) is 0 Å². The molecule has 0 aliphatic rings. The minimum atomic E-state index is -0.116. The van der Waals surface area contributed by atoms with Gasteiger partial charge in [0.1, 0.15) is 4.21 Å². The Labute approximate surface area is 139 Å². The number of ketones is 1. The summed E-state index contributed by atoms with van der Waals surface area (Å²) in [5.41, 5.74) is 0.272. The van der Waals surface area contributed by atoms with Gasteiger partial charge in [0.15, 0.2) is 12.9 Å². The van der Waals surface area contributed by atoms with Crippen molar-refractivity contribution in [3.63, 3.8) is 0 Å². The van der Waals surface area contributed by atoms with Gasteiger partial charge in [0.25, 0.3) is 4.92 Å². The van der Waals surface area contributed by atoms with E-state index in [2.05, 4.69) is 4.84 Å². The first-order valence-electron chi connectivity index (χ1n) is 5.72. The third-order valence-electron chi connectivity index (χ3n) is 2.51. The molecule has 0 spiro atoms. The molecule has 0 amide bonds. The Bertz CT molecular complexity index is 715. The number of benzene rings is 1. The normalized spacial score (nSPS) is 10.5. The maximum atomic E-state index is 11.7. The van der Waals surface area contributed by atoms with E-state index in [1.807, 2.05) is 0 Å². The van der Waals surface area contributed by atoms with Crippen LogP contribution in [0.5, 0.6) is 0 Å². The summed E-state index contributed by atoms with van der Waals surface area (Å²) in [4.78, 5) is 29.4. The number of nitrogens with zero attached hydrogens (tertiary/aromatic N) is 1. The van der Waals surface area contributed by atoms with E-state index >= 15 is 0 Å². The molecule has 2 rings (SSSR count). The number of carbonyl (C=O) groups excluding carboxylic acids is 1. The van der Waals surface area contributed by atoms with Crippen LogP contribution >= 0.6 is 46.3 Å². The average molecular weight is 363 g/mol. The molecule has 0 atom stereocenters. The zero-order chi connectivity index (χ0) is 15.6. The molecule has 0 saturated carbocycles. The molecule has 0 unspecified atom stereocenters. The summed E-state index contributed by atoms with van der Waals surface area (Å²) >= 11 is 14.6. The zero-order valence-electron chi connectivity index (χ0n) is 11.1. The first kappa shape index (κ1) is 16.3. The van der Waals surface area contributed by atoms with E-state index < -0.39 is 0 Å². The molecule has 0 N–H and O–H groups in total. The smallest absolute Gasteiger partial charge is 0.294 e. The Morgan fingerprint density at radius 1 is 1.38 bits per heavy atom. The van der Waals surface area contributed by atoms with Crippen LogP contribution in [0.4, 0.5) is 5.69 Å². The highest BCUT2D eigenvalue weighted by atomic mass is 35.5. The van der Waals surface area contributed by atoms with Crippen molar-refractivity contribution in [2.45, 2.75) is 16.0 Å². The lowest BCUT2D eigenvalue weighted by molar-refractivity contribution is -0.737. The van der Waals surface area contributed by atoms with Crippen LogP contribution in [0.15, 0.2) is 33.4 Å². The first-order valence-corrected chi connectivity index (χ1v) is 8.11. The number of hydrogen-bond donors (Lipinski definition) is 0. The Hall–Kier alpha value is -1.08. The Morgan fingerprint density at radius 3 is 2.71 bits per heavy atom. The molecule has 1 aromatic heterocycles. The van der Waals surface area contributed by atoms with Crippen molar-refractivity contribution < 1.29 is 14.6 Å². The van der Waals surface area contributed by atoms with Gasteiger partial charge in [-0.2, -0.15) is 0 Å². The van der Waals surface area contributed by atoms with Gasteiger partial charge in [0.2, 0.25) is 0 Å². The predicted octanol–water partition coefficient (Wildman–Crippen LogP) is 5.38. The molecule has 2 aromatic rings. The van der Waals surface area contributed by atoms with Gasteiger partial charge in [-0.05, 0) is 19.1 Å². The molecule has 0 saturated heterocycles. The standard InChI is InChI=1S/C13H10Cl2NO3S2/c1-7(17)11-6-9(16(18)19-2)13(21-11)20-10-5-3-4-8(14)12(10)15/h3-6H,1-2H3/q+1. The lowest BCUT2D eigenvalue weighted by Gasteiger charge is -2.02. The fraction of sp³-hybridized carbons (Fsp3) is 0.154. The highest BCUT2D eigenvalue weighted by Gasteiger charge is 2.27. The molecule has 110 valence electrons. The third kappa shape index (κ3) is 3.58. The molecular formula is C13H10Cl2NO3S2+.